The van der Waals surface area contributed by atoms with Gasteiger partial charge in [0, 0.05) is 41.8 Å². The van der Waals surface area contributed by atoms with Gasteiger partial charge in [-0.3, -0.25) is 4.79 Å². The highest BCUT2D eigenvalue weighted by Crippen LogP contribution is 2.38. The summed E-state index contributed by atoms with van der Waals surface area (Å²) in [6.45, 7) is 5.02. The predicted molar refractivity (Wildman–Crippen MR) is 139 cm³/mol. The number of sulfonamides is 1. The van der Waals surface area contributed by atoms with Crippen LogP contribution in [-0.2, 0) is 16.6 Å². The highest BCUT2D eigenvalue weighted by Gasteiger charge is 2.32. The standard InChI is InChI=1S/C29H29FN2O3S/c1-20-29(27-8-3-4-9-28(27)32(20)19-22-6-5-7-25(30)18-22)24-14-16-31(17-15-24)36(34,35)26-12-10-23(11-13-26)21(2)33/h3-13,18,24H,14-17,19H2,1-2H3. The monoisotopic (exact) mass is 504 g/mol. The molecule has 7 heteroatoms. The second-order valence-corrected chi connectivity index (χ2v) is 11.4. The number of benzene rings is 3. The maximum absolute atomic E-state index is 13.8. The van der Waals surface area contributed by atoms with Crippen molar-refractivity contribution in [3.8, 4) is 0 Å². The van der Waals surface area contributed by atoms with E-state index in [4.69, 9.17) is 0 Å². The lowest BCUT2D eigenvalue weighted by atomic mass is 9.88. The molecule has 5 nitrogen and oxygen atoms in total. The van der Waals surface area contributed by atoms with Gasteiger partial charge in [-0.25, -0.2) is 12.8 Å². The van der Waals surface area contributed by atoms with Crippen molar-refractivity contribution in [1.29, 1.82) is 0 Å². The summed E-state index contributed by atoms with van der Waals surface area (Å²) in [5.74, 6) is -0.103. The molecule has 0 unspecified atom stereocenters. The molecule has 0 bridgehead atoms. The van der Waals surface area contributed by atoms with E-state index in [-0.39, 0.29) is 22.4 Å². The molecule has 1 aliphatic heterocycles. The zero-order valence-electron chi connectivity index (χ0n) is 20.4. The van der Waals surface area contributed by atoms with Gasteiger partial charge in [-0.1, -0.05) is 42.5 Å². The third kappa shape index (κ3) is 4.49. The molecule has 1 aliphatic rings. The Balaban J connectivity index is 1.40. The molecule has 186 valence electrons. The molecule has 1 fully saturated rings. The molecule has 3 aromatic carbocycles. The van der Waals surface area contributed by atoms with Crippen molar-refractivity contribution in [1.82, 2.24) is 8.87 Å². The van der Waals surface area contributed by atoms with Crippen LogP contribution in [0, 0.1) is 12.7 Å². The van der Waals surface area contributed by atoms with Gasteiger partial charge < -0.3 is 4.57 Å². The van der Waals surface area contributed by atoms with Gasteiger partial charge in [0.2, 0.25) is 10.0 Å². The summed E-state index contributed by atoms with van der Waals surface area (Å²) in [4.78, 5) is 11.8. The van der Waals surface area contributed by atoms with E-state index >= 15 is 0 Å². The summed E-state index contributed by atoms with van der Waals surface area (Å²) in [7, 11) is -3.62. The normalized spacial score (nSPS) is 15.4. The average molecular weight is 505 g/mol. The topological polar surface area (TPSA) is 59.4 Å². The number of halogens is 1. The number of hydrogen-bond donors (Lipinski definition) is 0. The number of hydrogen-bond acceptors (Lipinski definition) is 3. The Morgan fingerprint density at radius 3 is 2.33 bits per heavy atom. The quantitative estimate of drug-likeness (QED) is 0.307. The van der Waals surface area contributed by atoms with Crippen molar-refractivity contribution in [2.24, 2.45) is 0 Å². The number of nitrogens with zero attached hydrogens (tertiary/aromatic N) is 2. The molecular formula is C29H29FN2O3S. The maximum atomic E-state index is 13.8. The van der Waals surface area contributed by atoms with Crippen LogP contribution in [0.5, 0.6) is 0 Å². The lowest BCUT2D eigenvalue weighted by Gasteiger charge is -2.31. The van der Waals surface area contributed by atoms with Crippen LogP contribution in [0.1, 0.15) is 52.9 Å². The number of ketones is 1. The predicted octanol–water partition coefficient (Wildman–Crippen LogP) is 5.91. The molecule has 36 heavy (non-hydrogen) atoms. The summed E-state index contributed by atoms with van der Waals surface area (Å²) >= 11 is 0. The zero-order chi connectivity index (χ0) is 25.4. The third-order valence-electron chi connectivity index (χ3n) is 7.27. The Kier molecular flexibility index (Phi) is 6.53. The minimum absolute atomic E-state index is 0.0910. The van der Waals surface area contributed by atoms with E-state index < -0.39 is 10.0 Å². The minimum atomic E-state index is -3.62. The molecule has 5 rings (SSSR count). The highest BCUT2D eigenvalue weighted by atomic mass is 32.2. The van der Waals surface area contributed by atoms with Crippen molar-refractivity contribution >= 4 is 26.7 Å². The number of rotatable bonds is 6. The van der Waals surface area contributed by atoms with Crippen LogP contribution >= 0.6 is 0 Å². The molecule has 1 saturated heterocycles. The molecule has 0 atom stereocenters. The van der Waals surface area contributed by atoms with Gasteiger partial charge in [-0.05, 0) is 74.1 Å². The van der Waals surface area contributed by atoms with Crippen LogP contribution in [0.15, 0.2) is 77.7 Å². The number of para-hydroxylation sites is 1. The lowest BCUT2D eigenvalue weighted by Crippen LogP contribution is -2.38. The molecule has 0 amide bonds. The van der Waals surface area contributed by atoms with Crippen molar-refractivity contribution in [2.75, 3.05) is 13.1 Å². The summed E-state index contributed by atoms with van der Waals surface area (Å²) in [6.07, 6.45) is 1.44. The molecule has 0 saturated carbocycles. The summed E-state index contributed by atoms with van der Waals surface area (Å²) in [6, 6.07) is 21.1. The minimum Gasteiger partial charge on any atom is -0.340 e. The average Bonchev–Trinajstić information content (AvgIpc) is 3.15. The van der Waals surface area contributed by atoms with E-state index in [0.717, 1.165) is 29.6 Å². The van der Waals surface area contributed by atoms with E-state index in [2.05, 4.69) is 23.6 Å². The molecule has 0 N–H and O–H groups in total. The van der Waals surface area contributed by atoms with Gasteiger partial charge in [0.05, 0.1) is 4.90 Å². The van der Waals surface area contributed by atoms with Gasteiger partial charge >= 0.3 is 0 Å². The Morgan fingerprint density at radius 2 is 1.67 bits per heavy atom. The van der Waals surface area contributed by atoms with Gasteiger partial charge in [0.25, 0.3) is 0 Å². The van der Waals surface area contributed by atoms with Crippen LogP contribution < -0.4 is 0 Å². The van der Waals surface area contributed by atoms with E-state index in [1.165, 1.54) is 36.1 Å². The largest absolute Gasteiger partial charge is 0.340 e. The Bertz CT molecular complexity index is 1530. The van der Waals surface area contributed by atoms with Gasteiger partial charge in [0.1, 0.15) is 5.82 Å². The first-order valence-electron chi connectivity index (χ1n) is 12.2. The van der Waals surface area contributed by atoms with Crippen LogP contribution in [0.25, 0.3) is 10.9 Å². The van der Waals surface area contributed by atoms with Crippen LogP contribution in [-0.4, -0.2) is 36.2 Å². The molecular weight excluding hydrogens is 475 g/mol. The molecule has 0 spiro atoms. The van der Waals surface area contributed by atoms with Crippen molar-refractivity contribution in [2.45, 2.75) is 44.0 Å². The van der Waals surface area contributed by atoms with Gasteiger partial charge in [-0.15, -0.1) is 0 Å². The maximum Gasteiger partial charge on any atom is 0.243 e. The fraction of sp³-hybridized carbons (Fsp3) is 0.276. The second kappa shape index (κ2) is 9.64. The lowest BCUT2D eigenvalue weighted by molar-refractivity contribution is 0.101. The highest BCUT2D eigenvalue weighted by molar-refractivity contribution is 7.89. The van der Waals surface area contributed by atoms with Gasteiger partial charge in [-0.2, -0.15) is 4.31 Å². The smallest absolute Gasteiger partial charge is 0.243 e. The van der Waals surface area contributed by atoms with Crippen molar-refractivity contribution < 1.29 is 17.6 Å². The van der Waals surface area contributed by atoms with Crippen molar-refractivity contribution in [3.05, 3.63) is 101 Å². The zero-order valence-corrected chi connectivity index (χ0v) is 21.3. The molecule has 4 aromatic rings. The molecule has 0 aliphatic carbocycles. The van der Waals surface area contributed by atoms with Crippen LogP contribution in [0.3, 0.4) is 0 Å². The van der Waals surface area contributed by atoms with E-state index in [9.17, 15) is 17.6 Å². The first kappa shape index (κ1) is 24.4. The number of Topliss-reactive ketones (excluding diaryl/α,β-unsaturated/α-hetero) is 1. The Morgan fingerprint density at radius 1 is 0.972 bits per heavy atom. The molecule has 0 radical (unpaired) electrons. The number of aromatic nitrogens is 1. The fourth-order valence-electron chi connectivity index (χ4n) is 5.39. The summed E-state index contributed by atoms with van der Waals surface area (Å²) in [5, 5.41) is 1.17. The molecule has 1 aromatic heterocycles. The number of fused-ring (bicyclic) bond motifs is 1. The summed E-state index contributed by atoms with van der Waals surface area (Å²) < 4.78 is 44.1. The third-order valence-corrected chi connectivity index (χ3v) is 9.18. The summed E-state index contributed by atoms with van der Waals surface area (Å²) in [5.41, 5.74) is 4.90. The second-order valence-electron chi connectivity index (χ2n) is 9.49. The number of piperidine rings is 1. The van der Waals surface area contributed by atoms with Crippen molar-refractivity contribution in [3.63, 3.8) is 0 Å². The first-order chi connectivity index (χ1) is 17.3. The Labute approximate surface area is 211 Å². The van der Waals surface area contributed by atoms with E-state index in [0.29, 0.717) is 25.2 Å². The van der Waals surface area contributed by atoms with Gasteiger partial charge in [0.15, 0.2) is 5.78 Å². The number of carbonyl (C=O) groups excluding carboxylic acids is 1. The SMILES string of the molecule is CC(=O)c1ccc(S(=O)(=O)N2CCC(c3c(C)n(Cc4cccc(F)c4)c4ccccc34)CC2)cc1. The molecule has 2 heterocycles. The van der Waals surface area contributed by atoms with E-state index in [1.54, 1.807) is 28.6 Å². The first-order valence-corrected chi connectivity index (χ1v) is 13.6. The fourth-order valence-corrected chi connectivity index (χ4v) is 6.86. The van der Waals surface area contributed by atoms with Crippen LogP contribution in [0.4, 0.5) is 4.39 Å². The van der Waals surface area contributed by atoms with E-state index in [1.807, 2.05) is 18.2 Å². The van der Waals surface area contributed by atoms with Crippen LogP contribution in [0.2, 0.25) is 0 Å². The number of carbonyl (C=O) groups is 1. The Hall–Kier alpha value is -3.29.